The molecule has 1 spiro atoms. The number of nitrogens with zero attached hydrogens (tertiary/aromatic N) is 4. The third kappa shape index (κ3) is 5.03. The fourth-order valence-corrected chi connectivity index (χ4v) is 10.9. The molecule has 4 heteroatoms. The lowest BCUT2D eigenvalue weighted by Crippen LogP contribution is -2.26. The first-order chi connectivity index (χ1) is 31.3. The quantitative estimate of drug-likeness (QED) is 0.157. The van der Waals surface area contributed by atoms with Gasteiger partial charge >= 0.3 is 0 Å². The van der Waals surface area contributed by atoms with E-state index >= 15 is 0 Å². The molecular weight excluding hydrogens is 765 g/mol. The van der Waals surface area contributed by atoms with Gasteiger partial charge in [0.05, 0.1) is 22.5 Å². The van der Waals surface area contributed by atoms with Crippen molar-refractivity contribution in [2.75, 3.05) is 9.80 Å². The van der Waals surface area contributed by atoms with Gasteiger partial charge in [-0.25, -0.2) is 9.97 Å². The van der Waals surface area contributed by atoms with Gasteiger partial charge in [0.15, 0.2) is 0 Å². The number of para-hydroxylation sites is 2. The Balaban J connectivity index is 1.12. The molecule has 1 heterocycles. The second-order valence-electron chi connectivity index (χ2n) is 16.5. The van der Waals surface area contributed by atoms with Crippen LogP contribution in [0.5, 0.6) is 0 Å². The highest BCUT2D eigenvalue weighted by Crippen LogP contribution is 2.65. The fraction of sp³-hybridized carbons (Fsp3) is 0.0169. The van der Waals surface area contributed by atoms with Gasteiger partial charge in [-0.3, -0.25) is 4.90 Å². The highest BCUT2D eigenvalue weighted by Gasteiger charge is 2.52. The van der Waals surface area contributed by atoms with Crippen molar-refractivity contribution in [2.45, 2.75) is 5.41 Å². The molecule has 11 aromatic rings. The summed E-state index contributed by atoms with van der Waals surface area (Å²) in [7, 11) is 0. The summed E-state index contributed by atoms with van der Waals surface area (Å²) in [6, 6.07) is 79.8. The lowest BCUT2D eigenvalue weighted by Gasteiger charge is -2.32. The van der Waals surface area contributed by atoms with Crippen molar-refractivity contribution in [3.05, 3.63) is 253 Å². The van der Waals surface area contributed by atoms with E-state index in [1.807, 2.05) is 24.5 Å². The maximum Gasteiger partial charge on any atom is 0.234 e. The van der Waals surface area contributed by atoms with Crippen LogP contribution < -0.4 is 9.80 Å². The molecule has 0 atom stereocenters. The number of fused-ring (bicyclic) bond motifs is 15. The summed E-state index contributed by atoms with van der Waals surface area (Å²) in [5, 5.41) is 6.94. The minimum absolute atomic E-state index is 0.456. The van der Waals surface area contributed by atoms with E-state index in [-0.39, 0.29) is 0 Å². The second-order valence-corrected chi connectivity index (χ2v) is 16.5. The van der Waals surface area contributed by atoms with Gasteiger partial charge in [-0.15, -0.1) is 0 Å². The van der Waals surface area contributed by atoms with Crippen molar-refractivity contribution in [1.29, 1.82) is 0 Å². The molecular formula is C59H38N4. The number of aromatic nitrogens is 2. The van der Waals surface area contributed by atoms with Gasteiger partial charge in [-0.1, -0.05) is 170 Å². The van der Waals surface area contributed by atoms with Crippen LogP contribution in [0.3, 0.4) is 0 Å². The van der Waals surface area contributed by atoms with Gasteiger partial charge in [0.25, 0.3) is 0 Å². The smallest absolute Gasteiger partial charge is 0.234 e. The van der Waals surface area contributed by atoms with Gasteiger partial charge in [0.1, 0.15) is 0 Å². The first-order valence-corrected chi connectivity index (χ1v) is 21.6. The second kappa shape index (κ2) is 13.8. The van der Waals surface area contributed by atoms with E-state index in [0.717, 1.165) is 50.0 Å². The molecule has 2 aliphatic rings. The molecule has 2 aliphatic carbocycles. The van der Waals surface area contributed by atoms with E-state index in [1.54, 1.807) is 0 Å². The van der Waals surface area contributed by atoms with Crippen LogP contribution in [0.4, 0.5) is 34.4 Å². The van der Waals surface area contributed by atoms with E-state index in [2.05, 4.69) is 216 Å². The average Bonchev–Trinajstić information content (AvgIpc) is 3.83. The minimum atomic E-state index is -0.456. The van der Waals surface area contributed by atoms with Crippen molar-refractivity contribution in [1.82, 2.24) is 9.97 Å². The van der Waals surface area contributed by atoms with Gasteiger partial charge in [0, 0.05) is 40.1 Å². The van der Waals surface area contributed by atoms with Gasteiger partial charge < -0.3 is 4.90 Å². The fourth-order valence-electron chi connectivity index (χ4n) is 10.9. The van der Waals surface area contributed by atoms with Crippen LogP contribution in [0.1, 0.15) is 22.3 Å². The van der Waals surface area contributed by atoms with Crippen molar-refractivity contribution in [3.8, 4) is 22.3 Å². The van der Waals surface area contributed by atoms with Crippen molar-refractivity contribution >= 4 is 66.7 Å². The summed E-state index contributed by atoms with van der Waals surface area (Å²) in [5.74, 6) is 0.618. The molecule has 0 N–H and O–H groups in total. The SMILES string of the molecule is c1ccc(N(c2ncccn2)c2cc3c4ccccc4c(N(c4ccccc4)c4cccc5c4-c4ccccc4C54c5ccccc5-c5ccccc54)cc3c3ccccc23)cc1. The lowest BCUT2D eigenvalue weighted by molar-refractivity contribution is 0.794. The summed E-state index contributed by atoms with van der Waals surface area (Å²) >= 11 is 0. The van der Waals surface area contributed by atoms with Crippen molar-refractivity contribution in [2.24, 2.45) is 0 Å². The molecule has 0 amide bonds. The van der Waals surface area contributed by atoms with E-state index in [0.29, 0.717) is 5.95 Å². The third-order valence-electron chi connectivity index (χ3n) is 13.3. The normalized spacial score (nSPS) is 12.9. The summed E-state index contributed by atoms with van der Waals surface area (Å²) in [6.45, 7) is 0. The van der Waals surface area contributed by atoms with Gasteiger partial charge in [-0.05, 0) is 109 Å². The Labute approximate surface area is 365 Å². The summed E-state index contributed by atoms with van der Waals surface area (Å²) < 4.78 is 0. The molecule has 0 saturated carbocycles. The Morgan fingerprint density at radius 1 is 0.302 bits per heavy atom. The van der Waals surface area contributed by atoms with E-state index in [1.165, 1.54) is 55.3 Å². The van der Waals surface area contributed by atoms with E-state index in [4.69, 9.17) is 9.97 Å². The Hall–Kier alpha value is -8.34. The molecule has 0 aliphatic heterocycles. The van der Waals surface area contributed by atoms with Crippen LogP contribution in [0, 0.1) is 0 Å². The lowest BCUT2D eigenvalue weighted by atomic mass is 9.70. The molecule has 0 saturated heterocycles. The van der Waals surface area contributed by atoms with Crippen molar-refractivity contribution < 1.29 is 0 Å². The zero-order valence-corrected chi connectivity index (χ0v) is 34.2. The summed E-state index contributed by atoms with van der Waals surface area (Å²) in [6.07, 6.45) is 3.62. The number of hydrogen-bond donors (Lipinski definition) is 0. The zero-order valence-electron chi connectivity index (χ0n) is 34.2. The Morgan fingerprint density at radius 2 is 0.730 bits per heavy atom. The number of hydrogen-bond acceptors (Lipinski definition) is 4. The van der Waals surface area contributed by atoms with Crippen LogP contribution in [-0.2, 0) is 5.41 Å². The maximum absolute atomic E-state index is 4.79. The van der Waals surface area contributed by atoms with E-state index < -0.39 is 5.41 Å². The zero-order chi connectivity index (χ0) is 41.5. The summed E-state index contributed by atoms with van der Waals surface area (Å²) in [4.78, 5) is 14.3. The topological polar surface area (TPSA) is 32.3 Å². The predicted molar refractivity (Wildman–Crippen MR) is 260 cm³/mol. The minimum Gasteiger partial charge on any atom is -0.309 e. The largest absolute Gasteiger partial charge is 0.309 e. The Bertz CT molecular complexity index is 3500. The Kier molecular flexibility index (Phi) is 7.79. The molecule has 0 unspecified atom stereocenters. The third-order valence-corrected chi connectivity index (χ3v) is 13.3. The number of benzene rings is 10. The molecule has 10 aromatic carbocycles. The number of anilines is 6. The van der Waals surface area contributed by atoms with Gasteiger partial charge in [0.2, 0.25) is 5.95 Å². The standard InChI is InChI=1S/C59H38N4/c1-3-19-39(20-4-1)62(54-34-17-33-53-57(54)47-29-13-16-32-52(47)59(53)50-30-14-11-25-43(50)44-26-12-15-31-51(44)59)55-37-48-42-24-8-10-28-46(42)56(38-49(48)41-23-7-9-27-45(41)55)63(40-21-5-2-6-22-40)58-60-35-18-36-61-58/h1-38H. The molecule has 294 valence electrons. The Morgan fingerprint density at radius 3 is 1.30 bits per heavy atom. The summed E-state index contributed by atoms with van der Waals surface area (Å²) in [5.41, 5.74) is 15.4. The number of rotatable bonds is 6. The van der Waals surface area contributed by atoms with Crippen LogP contribution in [0.25, 0.3) is 54.6 Å². The van der Waals surface area contributed by atoms with Crippen LogP contribution in [0.15, 0.2) is 231 Å². The monoisotopic (exact) mass is 802 g/mol. The van der Waals surface area contributed by atoms with Crippen LogP contribution >= 0.6 is 0 Å². The molecule has 63 heavy (non-hydrogen) atoms. The molecule has 13 rings (SSSR count). The first kappa shape index (κ1) is 35.4. The van der Waals surface area contributed by atoms with Crippen LogP contribution in [0.2, 0.25) is 0 Å². The predicted octanol–water partition coefficient (Wildman–Crippen LogP) is 15.2. The maximum atomic E-state index is 4.79. The molecule has 0 radical (unpaired) electrons. The van der Waals surface area contributed by atoms with Crippen molar-refractivity contribution in [3.63, 3.8) is 0 Å². The molecule has 1 aromatic heterocycles. The van der Waals surface area contributed by atoms with Crippen LogP contribution in [-0.4, -0.2) is 9.97 Å². The first-order valence-electron chi connectivity index (χ1n) is 21.6. The van der Waals surface area contributed by atoms with Gasteiger partial charge in [-0.2, -0.15) is 0 Å². The molecule has 4 nitrogen and oxygen atoms in total. The average molecular weight is 803 g/mol. The highest BCUT2D eigenvalue weighted by molar-refractivity contribution is 6.24. The van der Waals surface area contributed by atoms with E-state index in [9.17, 15) is 0 Å². The highest BCUT2D eigenvalue weighted by atomic mass is 15.3. The molecule has 0 fully saturated rings. The molecule has 0 bridgehead atoms.